The fraction of sp³-hybridized carbons (Fsp3) is 1.00. The van der Waals surface area contributed by atoms with Crippen LogP contribution in [0.4, 0.5) is 0 Å². The molecule has 4 N–H and O–H groups in total. The molecule has 0 aromatic carbocycles. The van der Waals surface area contributed by atoms with Crippen molar-refractivity contribution in [3.63, 3.8) is 0 Å². The van der Waals surface area contributed by atoms with Crippen LogP contribution in [0.2, 0.25) is 0 Å². The number of ether oxygens (including phenoxy) is 2. The van der Waals surface area contributed by atoms with Gasteiger partial charge in [-0.25, -0.2) is 0 Å². The van der Waals surface area contributed by atoms with E-state index in [1.165, 1.54) is 0 Å². The fourth-order valence-corrected chi connectivity index (χ4v) is 1.92. The highest BCUT2D eigenvalue weighted by atomic mass is 16.7. The fourth-order valence-electron chi connectivity index (χ4n) is 1.92. The quantitative estimate of drug-likeness (QED) is 0.491. The second-order valence-electron chi connectivity index (χ2n) is 4.47. The average Bonchev–Trinajstić information content (AvgIpc) is 2.27. The molecule has 0 aliphatic carbocycles. The van der Waals surface area contributed by atoms with E-state index in [-0.39, 0.29) is 12.7 Å². The van der Waals surface area contributed by atoms with Gasteiger partial charge in [0.05, 0.1) is 18.8 Å². The van der Waals surface area contributed by atoms with E-state index in [4.69, 9.17) is 14.6 Å². The van der Waals surface area contributed by atoms with Crippen molar-refractivity contribution < 1.29 is 24.8 Å². The van der Waals surface area contributed by atoms with Crippen molar-refractivity contribution in [2.45, 2.75) is 57.5 Å². The highest BCUT2D eigenvalue weighted by Gasteiger charge is 2.44. The highest BCUT2D eigenvalue weighted by molar-refractivity contribution is 4.93. The maximum atomic E-state index is 9.97. The minimum Gasteiger partial charge on any atom is -0.394 e. The molecule has 0 spiro atoms. The minimum atomic E-state index is -1.11. The van der Waals surface area contributed by atoms with Gasteiger partial charge in [-0.1, -0.05) is 6.92 Å². The van der Waals surface area contributed by atoms with Crippen molar-refractivity contribution in [1.82, 2.24) is 5.32 Å². The smallest absolute Gasteiger partial charge is 0.176 e. The molecule has 1 rings (SSSR count). The van der Waals surface area contributed by atoms with Crippen molar-refractivity contribution in [2.75, 3.05) is 13.2 Å². The molecule has 1 aliphatic rings. The Morgan fingerprint density at radius 2 is 1.94 bits per heavy atom. The summed E-state index contributed by atoms with van der Waals surface area (Å²) in [6.07, 6.45) is -3.70. The second kappa shape index (κ2) is 6.63. The Labute approximate surface area is 102 Å². The largest absolute Gasteiger partial charge is 0.394 e. The Balaban J connectivity index is 2.75. The number of rotatable bonds is 5. The highest BCUT2D eigenvalue weighted by Crippen LogP contribution is 2.22. The van der Waals surface area contributed by atoms with E-state index in [2.05, 4.69) is 5.32 Å². The molecule has 17 heavy (non-hydrogen) atoms. The summed E-state index contributed by atoms with van der Waals surface area (Å²) in [5.41, 5.74) is 0. The van der Waals surface area contributed by atoms with Crippen LogP contribution in [0.5, 0.6) is 0 Å². The molecule has 0 aromatic rings. The Morgan fingerprint density at radius 1 is 1.29 bits per heavy atom. The van der Waals surface area contributed by atoms with Crippen LogP contribution in [0, 0.1) is 0 Å². The van der Waals surface area contributed by atoms with Crippen LogP contribution in [-0.2, 0) is 9.47 Å². The number of hydrogen-bond donors (Lipinski definition) is 4. The maximum Gasteiger partial charge on any atom is 0.176 e. The molecule has 5 atom stereocenters. The molecule has 1 unspecified atom stereocenters. The Kier molecular flexibility index (Phi) is 5.78. The molecule has 0 amide bonds. The lowest BCUT2D eigenvalue weighted by Gasteiger charge is -2.42. The van der Waals surface area contributed by atoms with Gasteiger partial charge in [0.25, 0.3) is 0 Å². The molecule has 1 saturated heterocycles. The normalized spacial score (nSPS) is 38.6. The lowest BCUT2D eigenvalue weighted by atomic mass is 9.97. The van der Waals surface area contributed by atoms with Gasteiger partial charge in [-0.2, -0.15) is 0 Å². The molecule has 6 nitrogen and oxygen atoms in total. The number of likely N-dealkylation sites (N-methyl/N-ethyl adjacent to an activating group) is 1. The molecule has 0 saturated carbocycles. The van der Waals surface area contributed by atoms with Gasteiger partial charge in [0.2, 0.25) is 0 Å². The summed E-state index contributed by atoms with van der Waals surface area (Å²) in [4.78, 5) is 0. The lowest BCUT2D eigenvalue weighted by molar-refractivity contribution is -0.279. The summed E-state index contributed by atoms with van der Waals surface area (Å²) in [7, 11) is 0. The third kappa shape index (κ3) is 3.61. The van der Waals surface area contributed by atoms with Crippen LogP contribution in [0.1, 0.15) is 20.8 Å². The van der Waals surface area contributed by atoms with Crippen molar-refractivity contribution in [2.24, 2.45) is 0 Å². The van der Waals surface area contributed by atoms with Crippen molar-refractivity contribution in [1.29, 1.82) is 0 Å². The molecule has 0 bridgehead atoms. The van der Waals surface area contributed by atoms with E-state index in [0.717, 1.165) is 0 Å². The predicted octanol–water partition coefficient (Wildman–Crippen LogP) is -1.17. The molecule has 1 heterocycles. The standard InChI is InChI=1S/C11H23NO5/c1-4-12-8-10(15)9(14)7(5-13)17-11(8)16-6(2)3/h6-15H,4-5H2,1-3H3/t7-,8-,9-,10-,11?/m1/s1. The first-order valence-corrected chi connectivity index (χ1v) is 6.02. The number of aliphatic hydroxyl groups is 3. The molecular weight excluding hydrogens is 226 g/mol. The minimum absolute atomic E-state index is 0.0667. The summed E-state index contributed by atoms with van der Waals surface area (Å²) < 4.78 is 11.0. The Morgan fingerprint density at radius 3 is 2.41 bits per heavy atom. The first kappa shape index (κ1) is 14.8. The van der Waals surface area contributed by atoms with Gasteiger partial charge < -0.3 is 30.1 Å². The predicted molar refractivity (Wildman–Crippen MR) is 61.4 cm³/mol. The van der Waals surface area contributed by atoms with E-state index in [1.54, 1.807) is 0 Å². The first-order valence-electron chi connectivity index (χ1n) is 6.02. The van der Waals surface area contributed by atoms with E-state index >= 15 is 0 Å². The van der Waals surface area contributed by atoms with E-state index < -0.39 is 30.6 Å². The van der Waals surface area contributed by atoms with E-state index in [0.29, 0.717) is 6.54 Å². The molecule has 1 fully saturated rings. The summed E-state index contributed by atoms with van der Waals surface area (Å²) in [6, 6.07) is -0.500. The van der Waals surface area contributed by atoms with Gasteiger partial charge in [-0.05, 0) is 20.4 Å². The summed E-state index contributed by atoms with van der Waals surface area (Å²) in [5, 5.41) is 31.8. The zero-order valence-electron chi connectivity index (χ0n) is 10.5. The number of hydrogen-bond acceptors (Lipinski definition) is 6. The first-order chi connectivity index (χ1) is 8.01. The van der Waals surface area contributed by atoms with Crippen LogP contribution in [0.3, 0.4) is 0 Å². The molecule has 102 valence electrons. The number of aliphatic hydroxyl groups excluding tert-OH is 3. The zero-order chi connectivity index (χ0) is 13.0. The van der Waals surface area contributed by atoms with Gasteiger partial charge >= 0.3 is 0 Å². The van der Waals surface area contributed by atoms with Gasteiger partial charge in [0, 0.05) is 0 Å². The second-order valence-corrected chi connectivity index (χ2v) is 4.47. The Hall–Kier alpha value is -0.240. The van der Waals surface area contributed by atoms with Crippen molar-refractivity contribution in [3.05, 3.63) is 0 Å². The number of nitrogens with one attached hydrogen (secondary N) is 1. The van der Waals surface area contributed by atoms with Gasteiger partial charge in [-0.3, -0.25) is 0 Å². The van der Waals surface area contributed by atoms with Crippen LogP contribution < -0.4 is 5.32 Å². The third-order valence-electron chi connectivity index (χ3n) is 2.73. The summed E-state index contributed by atoms with van der Waals surface area (Å²) in [6.45, 7) is 5.88. The molecule has 1 aliphatic heterocycles. The van der Waals surface area contributed by atoms with Gasteiger partial charge in [0.1, 0.15) is 18.3 Å². The van der Waals surface area contributed by atoms with Crippen LogP contribution >= 0.6 is 0 Å². The summed E-state index contributed by atoms with van der Waals surface area (Å²) >= 11 is 0. The Bertz CT molecular complexity index is 226. The zero-order valence-corrected chi connectivity index (χ0v) is 10.5. The van der Waals surface area contributed by atoms with Crippen molar-refractivity contribution >= 4 is 0 Å². The average molecular weight is 249 g/mol. The molecular formula is C11H23NO5. The topological polar surface area (TPSA) is 91.2 Å². The maximum absolute atomic E-state index is 9.97. The van der Waals surface area contributed by atoms with Gasteiger partial charge in [0.15, 0.2) is 6.29 Å². The van der Waals surface area contributed by atoms with Crippen molar-refractivity contribution in [3.8, 4) is 0 Å². The van der Waals surface area contributed by atoms with Gasteiger partial charge in [-0.15, -0.1) is 0 Å². The molecule has 6 heteroatoms. The SMILES string of the molecule is CCN[C@H]1C(OC(C)C)O[C@H](CO)[C@@H](O)[C@@H]1O. The van der Waals surface area contributed by atoms with Crippen LogP contribution in [0.15, 0.2) is 0 Å². The van der Waals surface area contributed by atoms with Crippen LogP contribution in [-0.4, -0.2) is 65.2 Å². The van der Waals surface area contributed by atoms with E-state index in [1.807, 2.05) is 20.8 Å². The monoisotopic (exact) mass is 249 g/mol. The lowest BCUT2D eigenvalue weighted by Crippen LogP contribution is -2.64. The third-order valence-corrected chi connectivity index (χ3v) is 2.73. The molecule has 0 radical (unpaired) electrons. The summed E-state index contributed by atoms with van der Waals surface area (Å²) in [5.74, 6) is 0. The molecule has 0 aromatic heterocycles. The van der Waals surface area contributed by atoms with E-state index in [9.17, 15) is 10.2 Å². The van der Waals surface area contributed by atoms with Crippen LogP contribution in [0.25, 0.3) is 0 Å².